The lowest BCUT2D eigenvalue weighted by Gasteiger charge is -2.37. The standard InChI is InChI=1S/C16H22ClNO/c1-3-6-13-7-4-5-10-18(13)14-8-9-15(12(2)19)16(17)11-14/h8-9,11,13H,3-7,10H2,1-2H3. The van der Waals surface area contributed by atoms with Crippen molar-refractivity contribution in [2.75, 3.05) is 11.4 Å². The smallest absolute Gasteiger partial charge is 0.161 e. The maximum absolute atomic E-state index is 11.4. The molecular weight excluding hydrogens is 258 g/mol. The number of piperidine rings is 1. The molecule has 1 saturated heterocycles. The van der Waals surface area contributed by atoms with Crippen LogP contribution in [0.2, 0.25) is 5.02 Å². The van der Waals surface area contributed by atoms with Gasteiger partial charge in [0.25, 0.3) is 0 Å². The second-order valence-corrected chi connectivity index (χ2v) is 5.76. The third-order valence-electron chi connectivity index (χ3n) is 3.91. The molecule has 0 spiro atoms. The van der Waals surface area contributed by atoms with Gasteiger partial charge >= 0.3 is 0 Å². The van der Waals surface area contributed by atoms with Crippen molar-refractivity contribution < 1.29 is 4.79 Å². The summed E-state index contributed by atoms with van der Waals surface area (Å²) in [5, 5.41) is 0.575. The molecule has 0 radical (unpaired) electrons. The second-order valence-electron chi connectivity index (χ2n) is 5.35. The highest BCUT2D eigenvalue weighted by Gasteiger charge is 2.22. The lowest BCUT2D eigenvalue weighted by molar-refractivity contribution is 0.101. The van der Waals surface area contributed by atoms with Crippen molar-refractivity contribution in [3.63, 3.8) is 0 Å². The largest absolute Gasteiger partial charge is 0.369 e. The summed E-state index contributed by atoms with van der Waals surface area (Å²) in [4.78, 5) is 13.9. The molecule has 1 atom stereocenters. The maximum atomic E-state index is 11.4. The molecule has 2 nitrogen and oxygen atoms in total. The van der Waals surface area contributed by atoms with Gasteiger partial charge < -0.3 is 4.90 Å². The van der Waals surface area contributed by atoms with E-state index >= 15 is 0 Å². The third-order valence-corrected chi connectivity index (χ3v) is 4.23. The highest BCUT2D eigenvalue weighted by Crippen LogP contribution is 2.30. The van der Waals surface area contributed by atoms with Crippen molar-refractivity contribution in [2.24, 2.45) is 0 Å². The molecular formula is C16H22ClNO. The predicted molar refractivity (Wildman–Crippen MR) is 81.3 cm³/mol. The number of Topliss-reactive ketones (excluding diaryl/α,β-unsaturated/α-hetero) is 1. The molecule has 0 aliphatic carbocycles. The number of anilines is 1. The Balaban J connectivity index is 2.24. The number of carbonyl (C=O) groups is 1. The Hall–Kier alpha value is -1.02. The predicted octanol–water partition coefficient (Wildman–Crippen LogP) is 4.70. The quantitative estimate of drug-likeness (QED) is 0.745. The Bertz CT molecular complexity index is 456. The monoisotopic (exact) mass is 279 g/mol. The first-order valence-electron chi connectivity index (χ1n) is 7.20. The first kappa shape index (κ1) is 14.4. The molecule has 1 fully saturated rings. The van der Waals surface area contributed by atoms with Crippen LogP contribution in [0.15, 0.2) is 18.2 Å². The van der Waals surface area contributed by atoms with Crippen LogP contribution in [0.25, 0.3) is 0 Å². The number of ketones is 1. The summed E-state index contributed by atoms with van der Waals surface area (Å²) in [5.41, 5.74) is 1.78. The van der Waals surface area contributed by atoms with E-state index in [1.165, 1.54) is 32.1 Å². The fourth-order valence-electron chi connectivity index (χ4n) is 2.94. The highest BCUT2D eigenvalue weighted by molar-refractivity contribution is 6.34. The van der Waals surface area contributed by atoms with Crippen molar-refractivity contribution in [2.45, 2.75) is 52.0 Å². The Morgan fingerprint density at radius 1 is 1.42 bits per heavy atom. The zero-order valence-electron chi connectivity index (χ0n) is 11.8. The van der Waals surface area contributed by atoms with Gasteiger partial charge in [0.05, 0.1) is 5.02 Å². The topological polar surface area (TPSA) is 20.3 Å². The van der Waals surface area contributed by atoms with E-state index in [1.807, 2.05) is 18.2 Å². The molecule has 0 saturated carbocycles. The molecule has 104 valence electrons. The summed E-state index contributed by atoms with van der Waals surface area (Å²) in [6, 6.07) is 6.47. The van der Waals surface area contributed by atoms with E-state index < -0.39 is 0 Å². The SMILES string of the molecule is CCCC1CCCCN1c1ccc(C(C)=O)c(Cl)c1. The van der Waals surface area contributed by atoms with Gasteiger partial charge in [-0.3, -0.25) is 4.79 Å². The number of benzene rings is 1. The van der Waals surface area contributed by atoms with Crippen molar-refractivity contribution in [3.05, 3.63) is 28.8 Å². The van der Waals surface area contributed by atoms with Crippen LogP contribution in [0.4, 0.5) is 5.69 Å². The van der Waals surface area contributed by atoms with E-state index in [1.54, 1.807) is 6.92 Å². The Kier molecular flexibility index (Phi) is 4.87. The van der Waals surface area contributed by atoms with Gasteiger partial charge in [-0.1, -0.05) is 24.9 Å². The van der Waals surface area contributed by atoms with Gasteiger partial charge in [-0.2, -0.15) is 0 Å². The molecule has 1 aliphatic heterocycles. The van der Waals surface area contributed by atoms with Crippen LogP contribution in [0, 0.1) is 0 Å². The maximum Gasteiger partial charge on any atom is 0.161 e. The number of carbonyl (C=O) groups excluding carboxylic acids is 1. The van der Waals surface area contributed by atoms with Crippen LogP contribution in [0.1, 0.15) is 56.3 Å². The lowest BCUT2D eigenvalue weighted by atomic mass is 9.97. The molecule has 1 aliphatic rings. The minimum Gasteiger partial charge on any atom is -0.369 e. The highest BCUT2D eigenvalue weighted by atomic mass is 35.5. The fraction of sp³-hybridized carbons (Fsp3) is 0.562. The van der Waals surface area contributed by atoms with Crippen LogP contribution >= 0.6 is 11.6 Å². The normalized spacial score (nSPS) is 19.5. The molecule has 1 unspecified atom stereocenters. The van der Waals surface area contributed by atoms with E-state index in [2.05, 4.69) is 11.8 Å². The molecule has 19 heavy (non-hydrogen) atoms. The zero-order chi connectivity index (χ0) is 13.8. The number of nitrogens with zero attached hydrogens (tertiary/aromatic N) is 1. The molecule has 1 aromatic rings. The molecule has 1 heterocycles. The van der Waals surface area contributed by atoms with Crippen LogP contribution < -0.4 is 4.90 Å². The Morgan fingerprint density at radius 3 is 2.84 bits per heavy atom. The number of hydrogen-bond donors (Lipinski definition) is 0. The van der Waals surface area contributed by atoms with Gasteiger partial charge in [0.2, 0.25) is 0 Å². The summed E-state index contributed by atoms with van der Waals surface area (Å²) in [7, 11) is 0. The Morgan fingerprint density at radius 2 is 2.21 bits per heavy atom. The van der Waals surface area contributed by atoms with Gasteiger partial charge in [-0.15, -0.1) is 0 Å². The first-order chi connectivity index (χ1) is 9.13. The van der Waals surface area contributed by atoms with Gasteiger partial charge in [0, 0.05) is 23.8 Å². The van der Waals surface area contributed by atoms with E-state index in [4.69, 9.17) is 11.6 Å². The molecule has 1 aromatic carbocycles. The molecule has 3 heteroatoms. The summed E-state index contributed by atoms with van der Waals surface area (Å²) >= 11 is 6.22. The average Bonchev–Trinajstić information content (AvgIpc) is 2.39. The van der Waals surface area contributed by atoms with Crippen LogP contribution in [0.3, 0.4) is 0 Å². The van der Waals surface area contributed by atoms with E-state index in [0.29, 0.717) is 16.6 Å². The lowest BCUT2D eigenvalue weighted by Crippen LogP contribution is -2.39. The summed E-state index contributed by atoms with van der Waals surface area (Å²) in [6.07, 6.45) is 6.26. The van der Waals surface area contributed by atoms with Crippen molar-refractivity contribution >= 4 is 23.1 Å². The van der Waals surface area contributed by atoms with Crippen molar-refractivity contribution in [1.29, 1.82) is 0 Å². The Labute approximate surface area is 120 Å². The molecule has 0 bridgehead atoms. The van der Waals surface area contributed by atoms with Crippen LogP contribution in [-0.4, -0.2) is 18.4 Å². The fourth-order valence-corrected chi connectivity index (χ4v) is 3.25. The van der Waals surface area contributed by atoms with Gasteiger partial charge in [0.15, 0.2) is 5.78 Å². The average molecular weight is 280 g/mol. The first-order valence-corrected chi connectivity index (χ1v) is 7.58. The number of halogens is 1. The van der Waals surface area contributed by atoms with E-state index in [-0.39, 0.29) is 5.78 Å². The van der Waals surface area contributed by atoms with Gasteiger partial charge in [-0.05, 0) is 50.8 Å². The molecule has 0 aromatic heterocycles. The van der Waals surface area contributed by atoms with Crippen LogP contribution in [-0.2, 0) is 0 Å². The van der Waals surface area contributed by atoms with Gasteiger partial charge in [-0.25, -0.2) is 0 Å². The molecule has 0 amide bonds. The molecule has 2 rings (SSSR count). The van der Waals surface area contributed by atoms with Crippen LogP contribution in [0.5, 0.6) is 0 Å². The zero-order valence-corrected chi connectivity index (χ0v) is 12.5. The van der Waals surface area contributed by atoms with Crippen molar-refractivity contribution in [1.82, 2.24) is 0 Å². The summed E-state index contributed by atoms with van der Waals surface area (Å²) in [6.45, 7) is 4.89. The summed E-state index contributed by atoms with van der Waals surface area (Å²) < 4.78 is 0. The minimum absolute atomic E-state index is 0.0281. The summed E-state index contributed by atoms with van der Waals surface area (Å²) in [5.74, 6) is 0.0281. The number of rotatable bonds is 4. The van der Waals surface area contributed by atoms with Gasteiger partial charge in [0.1, 0.15) is 0 Å². The minimum atomic E-state index is 0.0281. The second kappa shape index (κ2) is 6.42. The van der Waals surface area contributed by atoms with Crippen molar-refractivity contribution in [3.8, 4) is 0 Å². The van der Waals surface area contributed by atoms with E-state index in [0.717, 1.165) is 12.2 Å². The van der Waals surface area contributed by atoms with E-state index in [9.17, 15) is 4.79 Å². The third kappa shape index (κ3) is 3.30. The molecule has 0 N–H and O–H groups in total. The number of hydrogen-bond acceptors (Lipinski definition) is 2.